The summed E-state index contributed by atoms with van der Waals surface area (Å²) in [5, 5.41) is 9.15. The quantitative estimate of drug-likeness (QED) is 0.795. The standard InChI is InChI=1S/C16H22N2O3/c1-11(2)15-17-13-7-6-12(16(19)20)10-14(13)18(15)8-4-5-9-21-3/h6-7,10-11H,4-5,8-9H2,1-3H3,(H,19,20). The van der Waals surface area contributed by atoms with Gasteiger partial charge in [0.05, 0.1) is 16.6 Å². The zero-order valence-electron chi connectivity index (χ0n) is 12.8. The van der Waals surface area contributed by atoms with Gasteiger partial charge in [-0.3, -0.25) is 0 Å². The van der Waals surface area contributed by atoms with E-state index in [0.717, 1.165) is 42.9 Å². The molecule has 1 aromatic heterocycles. The third kappa shape index (κ3) is 3.42. The lowest BCUT2D eigenvalue weighted by Crippen LogP contribution is -2.07. The highest BCUT2D eigenvalue weighted by atomic mass is 16.5. The number of aryl methyl sites for hydroxylation is 1. The number of fused-ring (bicyclic) bond motifs is 1. The molecule has 0 bridgehead atoms. The van der Waals surface area contributed by atoms with E-state index in [1.807, 2.05) is 0 Å². The highest BCUT2D eigenvalue weighted by molar-refractivity contribution is 5.92. The van der Waals surface area contributed by atoms with Gasteiger partial charge in [-0.05, 0) is 31.0 Å². The van der Waals surface area contributed by atoms with Crippen molar-refractivity contribution in [3.05, 3.63) is 29.6 Å². The first-order chi connectivity index (χ1) is 10.0. The van der Waals surface area contributed by atoms with Crippen molar-refractivity contribution in [2.24, 2.45) is 0 Å². The second-order valence-corrected chi connectivity index (χ2v) is 5.48. The molecule has 0 spiro atoms. The van der Waals surface area contributed by atoms with Crippen molar-refractivity contribution < 1.29 is 14.6 Å². The molecule has 0 aliphatic heterocycles. The smallest absolute Gasteiger partial charge is 0.335 e. The average molecular weight is 290 g/mol. The van der Waals surface area contributed by atoms with Crippen LogP contribution >= 0.6 is 0 Å². The SMILES string of the molecule is COCCCCn1c(C(C)C)nc2ccc(C(=O)O)cc21. The Hall–Kier alpha value is -1.88. The van der Waals surface area contributed by atoms with E-state index in [9.17, 15) is 4.79 Å². The Kier molecular flexibility index (Phi) is 4.96. The number of methoxy groups -OCH3 is 1. The number of carbonyl (C=O) groups is 1. The van der Waals surface area contributed by atoms with E-state index < -0.39 is 5.97 Å². The van der Waals surface area contributed by atoms with E-state index in [-0.39, 0.29) is 0 Å². The van der Waals surface area contributed by atoms with Crippen LogP contribution in [-0.2, 0) is 11.3 Å². The van der Waals surface area contributed by atoms with Gasteiger partial charge in [-0.25, -0.2) is 9.78 Å². The van der Waals surface area contributed by atoms with Crippen LogP contribution in [-0.4, -0.2) is 34.3 Å². The summed E-state index contributed by atoms with van der Waals surface area (Å²) < 4.78 is 7.22. The lowest BCUT2D eigenvalue weighted by molar-refractivity contribution is 0.0697. The van der Waals surface area contributed by atoms with Crippen LogP contribution < -0.4 is 0 Å². The Balaban J connectivity index is 2.39. The highest BCUT2D eigenvalue weighted by Crippen LogP contribution is 2.23. The molecule has 1 aromatic carbocycles. The number of carboxylic acids is 1. The Morgan fingerprint density at radius 3 is 2.76 bits per heavy atom. The van der Waals surface area contributed by atoms with Gasteiger partial charge in [-0.15, -0.1) is 0 Å². The molecule has 5 heteroatoms. The molecule has 21 heavy (non-hydrogen) atoms. The molecule has 0 atom stereocenters. The molecule has 2 aromatic rings. The van der Waals surface area contributed by atoms with Crippen LogP contribution in [0, 0.1) is 0 Å². The Morgan fingerprint density at radius 1 is 1.38 bits per heavy atom. The van der Waals surface area contributed by atoms with Crippen LogP contribution in [0.15, 0.2) is 18.2 Å². The number of benzene rings is 1. The van der Waals surface area contributed by atoms with E-state index in [2.05, 4.69) is 23.4 Å². The van der Waals surface area contributed by atoms with Crippen molar-refractivity contribution >= 4 is 17.0 Å². The Labute approximate surface area is 124 Å². The Bertz CT molecular complexity index is 632. The monoisotopic (exact) mass is 290 g/mol. The molecule has 2 rings (SSSR count). The molecule has 0 radical (unpaired) electrons. The van der Waals surface area contributed by atoms with E-state index in [0.29, 0.717) is 11.5 Å². The number of aromatic nitrogens is 2. The molecule has 0 saturated heterocycles. The molecule has 0 saturated carbocycles. The Morgan fingerprint density at radius 2 is 2.14 bits per heavy atom. The summed E-state index contributed by atoms with van der Waals surface area (Å²) in [6.45, 7) is 5.77. The predicted octanol–water partition coefficient (Wildman–Crippen LogP) is 3.28. The fourth-order valence-electron chi connectivity index (χ4n) is 2.47. The second-order valence-electron chi connectivity index (χ2n) is 5.48. The summed E-state index contributed by atoms with van der Waals surface area (Å²) in [6.07, 6.45) is 1.96. The van der Waals surface area contributed by atoms with Crippen molar-refractivity contribution in [3.8, 4) is 0 Å². The highest BCUT2D eigenvalue weighted by Gasteiger charge is 2.15. The third-order valence-corrected chi connectivity index (χ3v) is 3.52. The number of imidazole rings is 1. The van der Waals surface area contributed by atoms with Gasteiger partial charge in [0.15, 0.2) is 0 Å². The van der Waals surface area contributed by atoms with Gasteiger partial charge < -0.3 is 14.4 Å². The van der Waals surface area contributed by atoms with Gasteiger partial charge in [-0.2, -0.15) is 0 Å². The van der Waals surface area contributed by atoms with Crippen LogP contribution in [0.25, 0.3) is 11.0 Å². The van der Waals surface area contributed by atoms with Gasteiger partial charge in [0.1, 0.15) is 5.82 Å². The summed E-state index contributed by atoms with van der Waals surface area (Å²) in [4.78, 5) is 15.8. The van der Waals surface area contributed by atoms with E-state index in [4.69, 9.17) is 9.84 Å². The number of aromatic carboxylic acids is 1. The predicted molar refractivity (Wildman–Crippen MR) is 81.9 cm³/mol. The number of hydrogen-bond acceptors (Lipinski definition) is 3. The molecular weight excluding hydrogens is 268 g/mol. The number of unbranched alkanes of at least 4 members (excludes halogenated alkanes) is 1. The largest absolute Gasteiger partial charge is 0.478 e. The zero-order valence-corrected chi connectivity index (χ0v) is 12.8. The fourth-order valence-corrected chi connectivity index (χ4v) is 2.47. The molecule has 1 heterocycles. The van der Waals surface area contributed by atoms with Gasteiger partial charge in [-0.1, -0.05) is 13.8 Å². The number of nitrogens with zero attached hydrogens (tertiary/aromatic N) is 2. The summed E-state index contributed by atoms with van der Waals surface area (Å²) >= 11 is 0. The van der Waals surface area contributed by atoms with E-state index in [1.165, 1.54) is 0 Å². The van der Waals surface area contributed by atoms with Crippen LogP contribution in [0.5, 0.6) is 0 Å². The molecule has 0 amide bonds. The number of carboxylic acid groups (broad SMARTS) is 1. The lowest BCUT2D eigenvalue weighted by Gasteiger charge is -2.11. The summed E-state index contributed by atoms with van der Waals surface area (Å²) in [5.74, 6) is 0.396. The number of rotatable bonds is 7. The minimum absolute atomic E-state index is 0.299. The molecular formula is C16H22N2O3. The summed E-state index contributed by atoms with van der Waals surface area (Å²) in [6, 6.07) is 5.11. The molecule has 114 valence electrons. The molecule has 0 aliphatic rings. The van der Waals surface area contributed by atoms with Gasteiger partial charge in [0, 0.05) is 26.2 Å². The third-order valence-electron chi connectivity index (χ3n) is 3.52. The van der Waals surface area contributed by atoms with Gasteiger partial charge in [0.25, 0.3) is 0 Å². The minimum Gasteiger partial charge on any atom is -0.478 e. The maximum atomic E-state index is 11.1. The topological polar surface area (TPSA) is 64.4 Å². The fraction of sp³-hybridized carbons (Fsp3) is 0.500. The van der Waals surface area contributed by atoms with Crippen molar-refractivity contribution in [1.29, 1.82) is 0 Å². The molecule has 0 fully saturated rings. The van der Waals surface area contributed by atoms with Crippen LogP contribution in [0.3, 0.4) is 0 Å². The number of ether oxygens (including phenoxy) is 1. The zero-order chi connectivity index (χ0) is 15.4. The van der Waals surface area contributed by atoms with Crippen LogP contribution in [0.4, 0.5) is 0 Å². The van der Waals surface area contributed by atoms with Crippen molar-refractivity contribution in [2.75, 3.05) is 13.7 Å². The molecule has 1 N–H and O–H groups in total. The summed E-state index contributed by atoms with van der Waals surface area (Å²) in [5.41, 5.74) is 2.06. The first kappa shape index (κ1) is 15.5. The average Bonchev–Trinajstić information content (AvgIpc) is 2.81. The van der Waals surface area contributed by atoms with Crippen molar-refractivity contribution in [3.63, 3.8) is 0 Å². The first-order valence-electron chi connectivity index (χ1n) is 7.27. The molecule has 5 nitrogen and oxygen atoms in total. The van der Waals surface area contributed by atoms with Gasteiger partial charge >= 0.3 is 5.97 Å². The van der Waals surface area contributed by atoms with Crippen molar-refractivity contribution in [1.82, 2.24) is 9.55 Å². The lowest BCUT2D eigenvalue weighted by atomic mass is 10.2. The van der Waals surface area contributed by atoms with Crippen molar-refractivity contribution in [2.45, 2.75) is 39.2 Å². The maximum Gasteiger partial charge on any atom is 0.335 e. The molecule has 0 aliphatic carbocycles. The minimum atomic E-state index is -0.907. The number of hydrogen-bond donors (Lipinski definition) is 1. The summed E-state index contributed by atoms with van der Waals surface area (Å²) in [7, 11) is 1.70. The van der Waals surface area contributed by atoms with Gasteiger partial charge in [0.2, 0.25) is 0 Å². The second kappa shape index (κ2) is 6.72. The first-order valence-corrected chi connectivity index (χ1v) is 7.27. The van der Waals surface area contributed by atoms with E-state index in [1.54, 1.807) is 25.3 Å². The van der Waals surface area contributed by atoms with Crippen LogP contribution in [0.2, 0.25) is 0 Å². The van der Waals surface area contributed by atoms with E-state index >= 15 is 0 Å². The molecule has 0 unspecified atom stereocenters. The van der Waals surface area contributed by atoms with Crippen LogP contribution in [0.1, 0.15) is 48.8 Å². The normalized spacial score (nSPS) is 11.4. The maximum absolute atomic E-state index is 11.1.